The number of anilines is 1. The summed E-state index contributed by atoms with van der Waals surface area (Å²) in [7, 11) is -1.54. The molecule has 162 valence electrons. The molecular weight excluding hydrogens is 432 g/mol. The van der Waals surface area contributed by atoms with Gasteiger partial charge in [-0.2, -0.15) is 0 Å². The van der Waals surface area contributed by atoms with Gasteiger partial charge in [0.1, 0.15) is 21.8 Å². The summed E-state index contributed by atoms with van der Waals surface area (Å²) in [6, 6.07) is 14.0. The van der Waals surface area contributed by atoms with Crippen LogP contribution in [0.5, 0.6) is 0 Å². The lowest BCUT2D eigenvalue weighted by atomic mass is 10.0. The van der Waals surface area contributed by atoms with Crippen LogP contribution in [0.1, 0.15) is 28.6 Å². The van der Waals surface area contributed by atoms with Crippen molar-refractivity contribution < 1.29 is 9.00 Å². The quantitative estimate of drug-likeness (QED) is 0.235. The number of rotatable bonds is 10. The Morgan fingerprint density at radius 1 is 1.23 bits per heavy atom. The average molecular weight is 457 g/mol. The Bertz CT molecular complexity index is 1070. The van der Waals surface area contributed by atoms with Crippen LogP contribution in [0.4, 0.5) is 5.69 Å². The van der Waals surface area contributed by atoms with Gasteiger partial charge in [0.25, 0.3) is 0 Å². The number of hydrogen-bond donors (Lipinski definition) is 5. The smallest absolute Gasteiger partial charge is 0.225 e. The van der Waals surface area contributed by atoms with Crippen molar-refractivity contribution in [3.63, 3.8) is 0 Å². The van der Waals surface area contributed by atoms with Crippen molar-refractivity contribution in [1.82, 2.24) is 9.71 Å². The number of carbonyl (C=O) groups is 1. The summed E-state index contributed by atoms with van der Waals surface area (Å²) < 4.78 is 16.2. The fourth-order valence-electron chi connectivity index (χ4n) is 2.93. The highest BCUT2D eigenvalue weighted by Crippen LogP contribution is 2.23. The number of nitrogens with two attached hydrogens (primary N) is 2. The molecule has 2 aromatic carbocycles. The van der Waals surface area contributed by atoms with Gasteiger partial charge in [-0.3, -0.25) is 10.2 Å². The number of nitrogens with one attached hydrogen (secondary N) is 3. The first-order valence-corrected chi connectivity index (χ1v) is 11.6. The fraction of sp³-hybridized carbons (Fsp3) is 0.190. The Hall–Kier alpha value is -2.92. The Labute approximate surface area is 187 Å². The number of amidine groups is 1. The van der Waals surface area contributed by atoms with Crippen LogP contribution < -0.4 is 21.5 Å². The lowest BCUT2D eigenvalue weighted by molar-refractivity contribution is -0.116. The number of aromatic nitrogens is 1. The molecule has 10 heteroatoms. The van der Waals surface area contributed by atoms with Gasteiger partial charge in [-0.05, 0) is 36.2 Å². The first kappa shape index (κ1) is 22.8. The molecule has 0 spiro atoms. The summed E-state index contributed by atoms with van der Waals surface area (Å²) in [5.74, 6) is -0.193. The summed E-state index contributed by atoms with van der Waals surface area (Å²) in [4.78, 5) is 16.7. The van der Waals surface area contributed by atoms with E-state index in [2.05, 4.69) is 15.0 Å². The molecule has 31 heavy (non-hydrogen) atoms. The standard InChI is InChI=1S/C21H24N6O2S2/c22-8-7-19(28)26-16-5-2-6-17(13-16)31(29)27-18(21-25-9-10-30-21)12-14-3-1-4-15(11-14)20(23)24/h1-6,9-11,13,18,27H,7-8,12,22H2,(H3,23,24)(H,26,28). The van der Waals surface area contributed by atoms with Crippen molar-refractivity contribution in [3.05, 3.63) is 76.2 Å². The zero-order valence-electron chi connectivity index (χ0n) is 16.7. The number of thiazole rings is 1. The molecule has 1 amide bonds. The van der Waals surface area contributed by atoms with Crippen molar-refractivity contribution in [2.75, 3.05) is 11.9 Å². The third kappa shape index (κ3) is 6.53. The predicted molar refractivity (Wildman–Crippen MR) is 124 cm³/mol. The SMILES string of the molecule is N=C(N)c1cccc(CC(NS(=O)c2cccc(NC(=O)CCN)c2)c2nccs2)c1. The summed E-state index contributed by atoms with van der Waals surface area (Å²) in [6.45, 7) is 0.263. The second-order valence-electron chi connectivity index (χ2n) is 6.74. The molecule has 0 saturated heterocycles. The maximum Gasteiger partial charge on any atom is 0.225 e. The van der Waals surface area contributed by atoms with Crippen LogP contribution in [-0.4, -0.2) is 27.5 Å². The van der Waals surface area contributed by atoms with E-state index in [1.54, 1.807) is 36.5 Å². The molecule has 2 unspecified atom stereocenters. The zero-order valence-corrected chi connectivity index (χ0v) is 18.3. The van der Waals surface area contributed by atoms with Gasteiger partial charge in [0.15, 0.2) is 0 Å². The Kier molecular flexibility index (Phi) is 8.01. The van der Waals surface area contributed by atoms with Gasteiger partial charge >= 0.3 is 0 Å². The topological polar surface area (TPSA) is 147 Å². The molecule has 0 radical (unpaired) electrons. The highest BCUT2D eigenvalue weighted by molar-refractivity contribution is 7.83. The largest absolute Gasteiger partial charge is 0.384 e. The van der Waals surface area contributed by atoms with Gasteiger partial charge in [0, 0.05) is 35.8 Å². The summed E-state index contributed by atoms with van der Waals surface area (Å²) >= 11 is 1.47. The van der Waals surface area contributed by atoms with Crippen LogP contribution >= 0.6 is 11.3 Å². The molecule has 8 nitrogen and oxygen atoms in total. The molecule has 0 aliphatic heterocycles. The van der Waals surface area contributed by atoms with Crippen molar-refractivity contribution in [2.24, 2.45) is 11.5 Å². The van der Waals surface area contributed by atoms with E-state index >= 15 is 0 Å². The van der Waals surface area contributed by atoms with Gasteiger partial charge in [-0.25, -0.2) is 13.9 Å². The maximum absolute atomic E-state index is 13.1. The molecule has 0 fully saturated rings. The lowest BCUT2D eigenvalue weighted by Gasteiger charge is -2.17. The molecule has 0 saturated carbocycles. The van der Waals surface area contributed by atoms with Crippen LogP contribution in [0.3, 0.4) is 0 Å². The third-order valence-corrected chi connectivity index (χ3v) is 6.45. The minimum absolute atomic E-state index is 0.00215. The van der Waals surface area contributed by atoms with Crippen molar-refractivity contribution in [2.45, 2.75) is 23.8 Å². The molecular formula is C21H24N6O2S2. The number of carbonyl (C=O) groups excluding carboxylic acids is 1. The van der Waals surface area contributed by atoms with Crippen molar-refractivity contribution >= 4 is 39.8 Å². The monoisotopic (exact) mass is 456 g/mol. The third-order valence-electron chi connectivity index (χ3n) is 4.38. The van der Waals surface area contributed by atoms with Crippen LogP contribution in [0.25, 0.3) is 0 Å². The molecule has 0 aliphatic carbocycles. The zero-order chi connectivity index (χ0) is 22.2. The van der Waals surface area contributed by atoms with E-state index in [4.69, 9.17) is 16.9 Å². The summed E-state index contributed by atoms with van der Waals surface area (Å²) in [5, 5.41) is 13.1. The van der Waals surface area contributed by atoms with Crippen molar-refractivity contribution in [3.8, 4) is 0 Å². The second kappa shape index (κ2) is 10.9. The molecule has 2 atom stereocenters. The predicted octanol–water partition coefficient (Wildman–Crippen LogP) is 2.31. The van der Waals surface area contributed by atoms with E-state index < -0.39 is 11.0 Å². The van der Waals surface area contributed by atoms with E-state index in [0.29, 0.717) is 22.6 Å². The highest BCUT2D eigenvalue weighted by Gasteiger charge is 2.19. The first-order valence-electron chi connectivity index (χ1n) is 9.57. The van der Waals surface area contributed by atoms with Gasteiger partial charge in [0.2, 0.25) is 5.91 Å². The van der Waals surface area contributed by atoms with Crippen LogP contribution in [0.15, 0.2) is 65.0 Å². The molecule has 1 aromatic heterocycles. The number of benzene rings is 2. The van der Waals surface area contributed by atoms with Crippen molar-refractivity contribution in [1.29, 1.82) is 5.41 Å². The number of nitrogens with zero attached hydrogens (tertiary/aromatic N) is 1. The normalized spacial score (nSPS) is 12.8. The molecule has 7 N–H and O–H groups in total. The van der Waals surface area contributed by atoms with E-state index in [1.165, 1.54) is 11.3 Å². The van der Waals surface area contributed by atoms with Gasteiger partial charge in [-0.15, -0.1) is 11.3 Å². The highest BCUT2D eigenvalue weighted by atomic mass is 32.2. The Morgan fingerprint density at radius 3 is 2.74 bits per heavy atom. The van der Waals surface area contributed by atoms with E-state index in [1.807, 2.05) is 23.6 Å². The molecule has 1 heterocycles. The van der Waals surface area contributed by atoms with Gasteiger partial charge < -0.3 is 16.8 Å². The molecule has 3 rings (SSSR count). The fourth-order valence-corrected chi connectivity index (χ4v) is 4.72. The molecule has 0 bridgehead atoms. The second-order valence-corrected chi connectivity index (χ2v) is 8.91. The molecule has 3 aromatic rings. The van der Waals surface area contributed by atoms with E-state index in [0.717, 1.165) is 10.6 Å². The number of hydrogen-bond acceptors (Lipinski definition) is 6. The average Bonchev–Trinajstić information content (AvgIpc) is 3.28. The van der Waals surface area contributed by atoms with Crippen LogP contribution in [0.2, 0.25) is 0 Å². The maximum atomic E-state index is 13.1. The van der Waals surface area contributed by atoms with Crippen LogP contribution in [-0.2, 0) is 22.2 Å². The van der Waals surface area contributed by atoms with Gasteiger partial charge in [0.05, 0.1) is 10.9 Å². The minimum atomic E-state index is -1.54. The van der Waals surface area contributed by atoms with E-state index in [9.17, 15) is 9.00 Å². The van der Waals surface area contributed by atoms with E-state index in [-0.39, 0.29) is 30.8 Å². The van der Waals surface area contributed by atoms with Gasteiger partial charge in [-0.1, -0.05) is 24.3 Å². The Balaban J connectivity index is 1.78. The minimum Gasteiger partial charge on any atom is -0.384 e. The Morgan fingerprint density at radius 2 is 2.03 bits per heavy atom. The van der Waals surface area contributed by atoms with Crippen LogP contribution in [0, 0.1) is 5.41 Å². The number of nitrogen functional groups attached to an aromatic ring is 1. The summed E-state index contributed by atoms with van der Waals surface area (Å²) in [6.07, 6.45) is 2.45. The summed E-state index contributed by atoms with van der Waals surface area (Å²) in [5.41, 5.74) is 13.2. The number of amides is 1. The first-order chi connectivity index (χ1) is 15.0. The lowest BCUT2D eigenvalue weighted by Crippen LogP contribution is -2.26. The molecule has 0 aliphatic rings.